The van der Waals surface area contributed by atoms with Gasteiger partial charge in [0.15, 0.2) is 0 Å². The third-order valence-electron chi connectivity index (χ3n) is 8.48. The Bertz CT molecular complexity index is 2110. The second kappa shape index (κ2) is 7.75. The molecule has 39 heavy (non-hydrogen) atoms. The van der Waals surface area contributed by atoms with Crippen LogP contribution in [0.1, 0.15) is 0 Å². The first kappa shape index (κ1) is 21.0. The van der Waals surface area contributed by atoms with Gasteiger partial charge in [-0.25, -0.2) is 0 Å². The van der Waals surface area contributed by atoms with Gasteiger partial charge in [-0.15, -0.1) is 0 Å². The van der Waals surface area contributed by atoms with Crippen LogP contribution in [0.15, 0.2) is 138 Å². The number of fused-ring (bicyclic) bond motifs is 14. The van der Waals surface area contributed by atoms with Gasteiger partial charge in [0.25, 0.3) is 0 Å². The van der Waals surface area contributed by atoms with Crippen LogP contribution in [0, 0.1) is 0 Å². The van der Waals surface area contributed by atoms with Gasteiger partial charge < -0.3 is 9.23 Å². The molecule has 9 rings (SSSR count). The summed E-state index contributed by atoms with van der Waals surface area (Å²) in [5, 5.41) is 2.30. The minimum absolute atomic E-state index is 0.0967. The molecular weight excluding hydrogens is 473 g/mol. The number of anilines is 2. The van der Waals surface area contributed by atoms with E-state index in [1.165, 1.54) is 55.7 Å². The van der Waals surface area contributed by atoms with Crippen molar-refractivity contribution in [3.63, 3.8) is 0 Å². The Morgan fingerprint density at radius 3 is 1.92 bits per heavy atom. The first-order chi connectivity index (χ1) is 19.4. The molecule has 2 aliphatic heterocycles. The van der Waals surface area contributed by atoms with E-state index in [0.717, 1.165) is 21.9 Å². The number of hydrogen-bond donors (Lipinski definition) is 0. The summed E-state index contributed by atoms with van der Waals surface area (Å²) in [5.74, 6) is 0. The van der Waals surface area contributed by atoms with Crippen LogP contribution in [0.5, 0.6) is 0 Å². The van der Waals surface area contributed by atoms with Crippen molar-refractivity contribution in [2.24, 2.45) is 0 Å². The van der Waals surface area contributed by atoms with Gasteiger partial charge in [0.1, 0.15) is 11.2 Å². The second-order valence-corrected chi connectivity index (χ2v) is 10.5. The molecule has 6 aromatic carbocycles. The number of hydrogen-bond acceptors (Lipinski definition) is 2. The number of para-hydroxylation sites is 3. The van der Waals surface area contributed by atoms with Gasteiger partial charge in [0, 0.05) is 38.8 Å². The van der Waals surface area contributed by atoms with E-state index < -0.39 is 0 Å². The zero-order valence-corrected chi connectivity index (χ0v) is 21.1. The maximum Gasteiger partial charge on any atom is 0.329 e. The van der Waals surface area contributed by atoms with Crippen LogP contribution in [0.3, 0.4) is 0 Å². The number of furan rings is 1. The average molecular weight is 495 g/mol. The number of benzene rings is 6. The van der Waals surface area contributed by atoms with Gasteiger partial charge in [-0.2, -0.15) is 0 Å². The summed E-state index contributed by atoms with van der Waals surface area (Å²) in [7, 11) is 0. The fourth-order valence-electron chi connectivity index (χ4n) is 6.85. The van der Waals surface area contributed by atoms with E-state index >= 15 is 0 Å². The highest BCUT2D eigenvalue weighted by atomic mass is 16.3. The molecule has 7 aromatic rings. The highest BCUT2D eigenvalue weighted by Crippen LogP contribution is 2.50. The fourth-order valence-corrected chi connectivity index (χ4v) is 6.85. The molecule has 0 fully saturated rings. The van der Waals surface area contributed by atoms with Crippen LogP contribution in [-0.2, 0) is 0 Å². The van der Waals surface area contributed by atoms with E-state index in [-0.39, 0.29) is 6.85 Å². The quantitative estimate of drug-likeness (QED) is 0.214. The van der Waals surface area contributed by atoms with E-state index in [0.29, 0.717) is 0 Å². The van der Waals surface area contributed by atoms with Crippen LogP contribution >= 0.6 is 0 Å². The summed E-state index contributed by atoms with van der Waals surface area (Å²) in [4.78, 5) is 2.59. The van der Waals surface area contributed by atoms with Gasteiger partial charge in [-0.3, -0.25) is 0 Å². The Kier molecular flexibility index (Phi) is 4.17. The average Bonchev–Trinajstić information content (AvgIpc) is 3.38. The van der Waals surface area contributed by atoms with Crippen LogP contribution in [-0.4, -0.2) is 6.85 Å². The largest absolute Gasteiger partial charge is 0.456 e. The molecule has 0 amide bonds. The van der Waals surface area contributed by atoms with Crippen LogP contribution in [0.4, 0.5) is 11.4 Å². The molecule has 0 unspecified atom stereocenters. The topological polar surface area (TPSA) is 16.4 Å². The lowest BCUT2D eigenvalue weighted by molar-refractivity contribution is 0.669. The molecule has 0 atom stereocenters. The van der Waals surface area contributed by atoms with Gasteiger partial charge >= 0.3 is 6.85 Å². The SMILES string of the molecule is c1ccc2c(c1)B1c3ccccc3-c3cccc(-c4ccc5oc6ccccc6c5c4)c3N1c1ccccc1-2. The van der Waals surface area contributed by atoms with Gasteiger partial charge in [-0.1, -0.05) is 109 Å². The molecule has 180 valence electrons. The molecule has 3 heterocycles. The van der Waals surface area contributed by atoms with E-state index in [1.54, 1.807) is 0 Å². The maximum atomic E-state index is 6.16. The molecular formula is C36H22BNO. The van der Waals surface area contributed by atoms with Crippen molar-refractivity contribution >= 4 is 51.1 Å². The van der Waals surface area contributed by atoms with Crippen molar-refractivity contribution in [1.29, 1.82) is 0 Å². The molecule has 0 aliphatic carbocycles. The summed E-state index contributed by atoms with van der Waals surface area (Å²) >= 11 is 0. The number of rotatable bonds is 1. The molecule has 0 spiro atoms. The van der Waals surface area contributed by atoms with Crippen LogP contribution < -0.4 is 15.7 Å². The third kappa shape index (κ3) is 2.82. The predicted molar refractivity (Wildman–Crippen MR) is 164 cm³/mol. The van der Waals surface area contributed by atoms with Crippen LogP contribution in [0.25, 0.3) is 55.3 Å². The Balaban J connectivity index is 1.38. The smallest absolute Gasteiger partial charge is 0.329 e. The molecule has 2 aliphatic rings. The van der Waals surface area contributed by atoms with E-state index in [9.17, 15) is 0 Å². The van der Waals surface area contributed by atoms with Gasteiger partial charge in [0.05, 0.1) is 0 Å². The summed E-state index contributed by atoms with van der Waals surface area (Å²) in [6.45, 7) is 0.0967. The monoisotopic (exact) mass is 495 g/mol. The Hall–Kier alpha value is -5.02. The zero-order chi connectivity index (χ0) is 25.5. The zero-order valence-electron chi connectivity index (χ0n) is 21.1. The van der Waals surface area contributed by atoms with Crippen LogP contribution in [0.2, 0.25) is 0 Å². The van der Waals surface area contributed by atoms with Gasteiger partial charge in [-0.05, 0) is 51.9 Å². The second-order valence-electron chi connectivity index (χ2n) is 10.5. The standard InChI is InChI=1S/C36H22BNO/c1-5-16-31-25(10-1)27-12-3-7-18-33(27)38-36-24(14-9-15-29(36)26-11-2-6-17-32(26)37(31)38)23-20-21-35-30(22-23)28-13-4-8-19-34(28)39-35/h1-22H. The normalized spacial score (nSPS) is 13.0. The Morgan fingerprint density at radius 2 is 1.08 bits per heavy atom. The highest BCUT2D eigenvalue weighted by molar-refractivity contribution is 6.92. The van der Waals surface area contributed by atoms with Crippen molar-refractivity contribution in [2.45, 2.75) is 0 Å². The van der Waals surface area contributed by atoms with E-state index in [2.05, 4.69) is 126 Å². The molecule has 0 saturated carbocycles. The molecule has 0 saturated heterocycles. The minimum atomic E-state index is 0.0967. The molecule has 3 heteroatoms. The predicted octanol–water partition coefficient (Wildman–Crippen LogP) is 8.16. The molecule has 2 nitrogen and oxygen atoms in total. The van der Waals surface area contributed by atoms with Crippen molar-refractivity contribution in [3.8, 4) is 33.4 Å². The number of nitrogens with zero attached hydrogens (tertiary/aromatic N) is 1. The van der Waals surface area contributed by atoms with Gasteiger partial charge in [0.2, 0.25) is 0 Å². The summed E-state index contributed by atoms with van der Waals surface area (Å²) in [6.07, 6.45) is 0. The first-order valence-corrected chi connectivity index (χ1v) is 13.5. The molecule has 0 radical (unpaired) electrons. The van der Waals surface area contributed by atoms with Crippen molar-refractivity contribution < 1.29 is 4.42 Å². The summed E-state index contributed by atoms with van der Waals surface area (Å²) in [6, 6.07) is 48.4. The Labute approximate surface area is 226 Å². The van der Waals surface area contributed by atoms with E-state index in [1.807, 2.05) is 12.1 Å². The minimum Gasteiger partial charge on any atom is -0.456 e. The van der Waals surface area contributed by atoms with E-state index in [4.69, 9.17) is 4.42 Å². The van der Waals surface area contributed by atoms with Crippen molar-refractivity contribution in [2.75, 3.05) is 4.81 Å². The maximum absolute atomic E-state index is 6.16. The highest BCUT2D eigenvalue weighted by Gasteiger charge is 2.42. The lowest BCUT2D eigenvalue weighted by Crippen LogP contribution is -2.59. The molecule has 1 aromatic heterocycles. The van der Waals surface area contributed by atoms with Crippen molar-refractivity contribution in [3.05, 3.63) is 133 Å². The Morgan fingerprint density at radius 1 is 0.462 bits per heavy atom. The lowest BCUT2D eigenvalue weighted by atomic mass is 9.43. The lowest BCUT2D eigenvalue weighted by Gasteiger charge is -2.44. The summed E-state index contributed by atoms with van der Waals surface area (Å²) < 4.78 is 6.16. The first-order valence-electron chi connectivity index (χ1n) is 13.5. The third-order valence-corrected chi connectivity index (χ3v) is 8.48. The van der Waals surface area contributed by atoms with Crippen molar-refractivity contribution in [1.82, 2.24) is 0 Å². The fraction of sp³-hybridized carbons (Fsp3) is 0. The molecule has 0 bridgehead atoms. The molecule has 0 N–H and O–H groups in total. The summed E-state index contributed by atoms with van der Waals surface area (Å²) in [5.41, 5.74) is 14.6.